The predicted molar refractivity (Wildman–Crippen MR) is 89.0 cm³/mol. The molecule has 1 aromatic heterocycles. The molecule has 0 unspecified atom stereocenters. The fourth-order valence-corrected chi connectivity index (χ4v) is 2.77. The molecule has 6 heteroatoms. The van der Waals surface area contributed by atoms with Gasteiger partial charge in [-0.3, -0.25) is 14.6 Å². The van der Waals surface area contributed by atoms with Crippen LogP contribution in [0.5, 0.6) is 0 Å². The first-order valence-corrected chi connectivity index (χ1v) is 7.89. The zero-order valence-corrected chi connectivity index (χ0v) is 12.8. The summed E-state index contributed by atoms with van der Waals surface area (Å²) < 4.78 is 0. The van der Waals surface area contributed by atoms with Crippen LogP contribution in [-0.2, 0) is 9.59 Å². The number of carbonyl (C=O) groups excluding carboxylic acids is 2. The number of aromatic nitrogens is 1. The van der Waals surface area contributed by atoms with Gasteiger partial charge in [-0.15, -0.1) is 0 Å². The van der Waals surface area contributed by atoms with Crippen molar-refractivity contribution in [1.29, 1.82) is 0 Å². The van der Waals surface area contributed by atoms with Crippen molar-refractivity contribution in [2.24, 2.45) is 0 Å². The van der Waals surface area contributed by atoms with E-state index in [1.54, 1.807) is 12.3 Å². The molecule has 1 aliphatic rings. The molecule has 1 fully saturated rings. The van der Waals surface area contributed by atoms with Crippen molar-refractivity contribution in [1.82, 2.24) is 15.6 Å². The van der Waals surface area contributed by atoms with Gasteiger partial charge in [-0.05, 0) is 31.5 Å². The van der Waals surface area contributed by atoms with Crippen molar-refractivity contribution in [3.63, 3.8) is 0 Å². The Morgan fingerprint density at radius 3 is 2.91 bits per heavy atom. The molecule has 0 radical (unpaired) electrons. The zero-order valence-electron chi connectivity index (χ0n) is 12.8. The highest BCUT2D eigenvalue weighted by Crippen LogP contribution is 2.20. The first kappa shape index (κ1) is 15.4. The van der Waals surface area contributed by atoms with Crippen LogP contribution >= 0.6 is 0 Å². The Kier molecular flexibility index (Phi) is 4.83. The van der Waals surface area contributed by atoms with Gasteiger partial charge in [-0.2, -0.15) is 0 Å². The van der Waals surface area contributed by atoms with Crippen LogP contribution < -0.4 is 16.0 Å². The van der Waals surface area contributed by atoms with Crippen LogP contribution in [0, 0.1) is 0 Å². The second-order valence-electron chi connectivity index (χ2n) is 5.65. The van der Waals surface area contributed by atoms with E-state index < -0.39 is 0 Å². The second-order valence-corrected chi connectivity index (χ2v) is 5.65. The SMILES string of the molecule is O=C(CNC(=O)[C@H]1CCCCN1)Nc1cccc2cccnc12. The van der Waals surface area contributed by atoms with Gasteiger partial charge in [0.25, 0.3) is 0 Å². The number of piperidine rings is 1. The lowest BCUT2D eigenvalue weighted by Gasteiger charge is -2.22. The van der Waals surface area contributed by atoms with Crippen molar-refractivity contribution in [2.45, 2.75) is 25.3 Å². The van der Waals surface area contributed by atoms with E-state index in [0.717, 1.165) is 36.7 Å². The fraction of sp³-hybridized carbons (Fsp3) is 0.353. The lowest BCUT2D eigenvalue weighted by molar-refractivity contribution is -0.126. The van der Waals surface area contributed by atoms with Crippen molar-refractivity contribution >= 4 is 28.4 Å². The third-order valence-corrected chi connectivity index (χ3v) is 3.96. The number of benzene rings is 1. The van der Waals surface area contributed by atoms with Crippen LogP contribution in [0.2, 0.25) is 0 Å². The fourth-order valence-electron chi connectivity index (χ4n) is 2.77. The number of pyridine rings is 1. The molecular formula is C17H20N4O2. The Balaban J connectivity index is 1.57. The summed E-state index contributed by atoms with van der Waals surface area (Å²) in [6, 6.07) is 9.21. The van der Waals surface area contributed by atoms with Crippen LogP contribution in [0.3, 0.4) is 0 Å². The number of hydrogen-bond acceptors (Lipinski definition) is 4. The average Bonchev–Trinajstić information content (AvgIpc) is 2.61. The molecule has 2 aromatic rings. The molecule has 0 spiro atoms. The Morgan fingerprint density at radius 1 is 1.22 bits per heavy atom. The highest BCUT2D eigenvalue weighted by atomic mass is 16.2. The maximum Gasteiger partial charge on any atom is 0.243 e. The van der Waals surface area contributed by atoms with E-state index >= 15 is 0 Å². The van der Waals surface area contributed by atoms with Gasteiger partial charge in [0.1, 0.15) is 0 Å². The molecule has 1 saturated heterocycles. The Morgan fingerprint density at radius 2 is 2.09 bits per heavy atom. The number of anilines is 1. The third-order valence-electron chi connectivity index (χ3n) is 3.96. The zero-order chi connectivity index (χ0) is 16.1. The van der Waals surface area contributed by atoms with Gasteiger partial charge in [-0.1, -0.05) is 24.6 Å². The van der Waals surface area contributed by atoms with Crippen LogP contribution in [-0.4, -0.2) is 35.9 Å². The lowest BCUT2D eigenvalue weighted by atomic mass is 10.0. The van der Waals surface area contributed by atoms with Gasteiger partial charge in [0.2, 0.25) is 11.8 Å². The summed E-state index contributed by atoms with van der Waals surface area (Å²) in [7, 11) is 0. The minimum Gasteiger partial charge on any atom is -0.346 e. The molecule has 3 rings (SSSR count). The molecule has 1 aliphatic heterocycles. The van der Waals surface area contributed by atoms with Gasteiger partial charge < -0.3 is 16.0 Å². The monoisotopic (exact) mass is 312 g/mol. The van der Waals surface area contributed by atoms with Gasteiger partial charge in [0.15, 0.2) is 0 Å². The minimum atomic E-state index is -0.257. The number of fused-ring (bicyclic) bond motifs is 1. The molecule has 0 aliphatic carbocycles. The molecule has 6 nitrogen and oxygen atoms in total. The van der Waals surface area contributed by atoms with E-state index in [4.69, 9.17) is 0 Å². The summed E-state index contributed by atoms with van der Waals surface area (Å²) >= 11 is 0. The molecule has 2 heterocycles. The first-order valence-electron chi connectivity index (χ1n) is 7.89. The van der Waals surface area contributed by atoms with Gasteiger partial charge in [-0.25, -0.2) is 0 Å². The predicted octanol–water partition coefficient (Wildman–Crippen LogP) is 1.43. The summed E-state index contributed by atoms with van der Waals surface area (Å²) in [5, 5.41) is 9.61. The molecule has 2 amide bonds. The van der Waals surface area contributed by atoms with Crippen LogP contribution in [0.4, 0.5) is 5.69 Å². The number of nitrogens with one attached hydrogen (secondary N) is 3. The first-order chi connectivity index (χ1) is 11.2. The van der Waals surface area contributed by atoms with Crippen LogP contribution in [0.25, 0.3) is 10.9 Å². The van der Waals surface area contributed by atoms with E-state index in [-0.39, 0.29) is 24.4 Å². The molecule has 3 N–H and O–H groups in total. The largest absolute Gasteiger partial charge is 0.346 e. The van der Waals surface area contributed by atoms with E-state index in [9.17, 15) is 9.59 Å². The topological polar surface area (TPSA) is 83.1 Å². The lowest BCUT2D eigenvalue weighted by Crippen LogP contribution is -2.48. The Bertz CT molecular complexity index is 705. The number of rotatable bonds is 4. The Hall–Kier alpha value is -2.47. The van der Waals surface area contributed by atoms with Gasteiger partial charge in [0, 0.05) is 11.6 Å². The maximum absolute atomic E-state index is 12.1. The summed E-state index contributed by atoms with van der Waals surface area (Å²) in [5.41, 5.74) is 1.39. The van der Waals surface area contributed by atoms with Crippen molar-refractivity contribution < 1.29 is 9.59 Å². The van der Waals surface area contributed by atoms with E-state index in [0.29, 0.717) is 5.69 Å². The minimum absolute atomic E-state index is 0.0414. The van der Waals surface area contributed by atoms with Crippen molar-refractivity contribution in [2.75, 3.05) is 18.4 Å². The smallest absolute Gasteiger partial charge is 0.243 e. The van der Waals surface area contributed by atoms with Crippen LogP contribution in [0.15, 0.2) is 36.5 Å². The normalized spacial score (nSPS) is 17.7. The van der Waals surface area contributed by atoms with Crippen LogP contribution in [0.1, 0.15) is 19.3 Å². The summed E-state index contributed by atoms with van der Waals surface area (Å²) in [5.74, 6) is -0.372. The number of carbonyl (C=O) groups is 2. The van der Waals surface area contributed by atoms with E-state index in [1.807, 2.05) is 24.3 Å². The number of para-hydroxylation sites is 1. The second kappa shape index (κ2) is 7.19. The molecular weight excluding hydrogens is 292 g/mol. The molecule has 23 heavy (non-hydrogen) atoms. The van der Waals surface area contributed by atoms with Crippen molar-refractivity contribution in [3.8, 4) is 0 Å². The number of nitrogens with zero attached hydrogens (tertiary/aromatic N) is 1. The van der Waals surface area contributed by atoms with Crippen molar-refractivity contribution in [3.05, 3.63) is 36.5 Å². The quantitative estimate of drug-likeness (QED) is 0.797. The standard InChI is InChI=1S/C17H20N4O2/c22-15(11-20-17(23)14-7-1-2-9-18-14)21-13-8-3-5-12-6-4-10-19-16(12)13/h3-6,8,10,14,18H,1-2,7,9,11H2,(H,20,23)(H,21,22)/t14-/m1/s1. The van der Waals surface area contributed by atoms with Gasteiger partial charge >= 0.3 is 0 Å². The molecule has 120 valence electrons. The average molecular weight is 312 g/mol. The molecule has 1 aromatic carbocycles. The molecule has 1 atom stereocenters. The highest BCUT2D eigenvalue weighted by molar-refractivity contribution is 6.01. The van der Waals surface area contributed by atoms with Gasteiger partial charge in [0.05, 0.1) is 23.8 Å². The maximum atomic E-state index is 12.1. The summed E-state index contributed by atoms with van der Waals surface area (Å²) in [6.07, 6.45) is 4.65. The molecule has 0 saturated carbocycles. The Labute approximate surface area is 134 Å². The molecule has 0 bridgehead atoms. The van der Waals surface area contributed by atoms with E-state index in [2.05, 4.69) is 20.9 Å². The number of hydrogen-bond donors (Lipinski definition) is 3. The summed E-state index contributed by atoms with van der Waals surface area (Å²) in [6.45, 7) is 0.812. The summed E-state index contributed by atoms with van der Waals surface area (Å²) in [4.78, 5) is 28.4. The highest BCUT2D eigenvalue weighted by Gasteiger charge is 2.20. The van der Waals surface area contributed by atoms with E-state index in [1.165, 1.54) is 0 Å². The number of amides is 2. The third kappa shape index (κ3) is 3.84.